The number of hydrogen-bond donors (Lipinski definition) is 4. The number of nitrogens with zero attached hydrogens (tertiary/aromatic N) is 1. The molecule has 1 aliphatic carbocycles. The van der Waals surface area contributed by atoms with E-state index < -0.39 is 17.4 Å². The van der Waals surface area contributed by atoms with Crippen molar-refractivity contribution in [3.63, 3.8) is 0 Å². The smallest absolute Gasteiger partial charge is 0.331 e. The molecule has 0 saturated carbocycles. The van der Waals surface area contributed by atoms with Gasteiger partial charge in [-0.2, -0.15) is 5.10 Å². The van der Waals surface area contributed by atoms with Gasteiger partial charge in [0.1, 0.15) is 0 Å². The van der Waals surface area contributed by atoms with Crippen molar-refractivity contribution >= 4 is 11.9 Å². The molecule has 2 aromatic rings. The van der Waals surface area contributed by atoms with Crippen LogP contribution in [0.4, 0.5) is 0 Å². The third-order valence-electron chi connectivity index (χ3n) is 4.00. The normalized spacial score (nSPS) is 18.8. The summed E-state index contributed by atoms with van der Waals surface area (Å²) < 4.78 is 0. The summed E-state index contributed by atoms with van der Waals surface area (Å²) in [4.78, 5) is 21.5. The van der Waals surface area contributed by atoms with Gasteiger partial charge in [0.05, 0.1) is 11.1 Å². The molecule has 3 rings (SSSR count). The number of aromatic amines is 1. The van der Waals surface area contributed by atoms with Crippen molar-refractivity contribution in [3.05, 3.63) is 65.5 Å². The van der Waals surface area contributed by atoms with Gasteiger partial charge in [0.2, 0.25) is 0 Å². The van der Waals surface area contributed by atoms with Crippen molar-refractivity contribution in [1.82, 2.24) is 10.2 Å². The Kier molecular flexibility index (Phi) is 5.61. The minimum absolute atomic E-state index is 0.0231. The van der Waals surface area contributed by atoms with Crippen LogP contribution in [0, 0.1) is 12.3 Å². The Morgan fingerprint density at radius 2 is 1.85 bits per heavy atom. The molecule has 1 aromatic carbocycles. The average Bonchev–Trinajstić information content (AvgIpc) is 3.09. The van der Waals surface area contributed by atoms with E-state index in [4.69, 9.17) is 15.9 Å². The molecule has 5 N–H and O–H groups in total. The Morgan fingerprint density at radius 1 is 1.19 bits per heavy atom. The van der Waals surface area contributed by atoms with Gasteiger partial charge >= 0.3 is 11.9 Å². The molecule has 136 valence electrons. The summed E-state index contributed by atoms with van der Waals surface area (Å²) in [6.07, 6.45) is 4.43. The second-order valence-electron chi connectivity index (χ2n) is 6.34. The summed E-state index contributed by atoms with van der Waals surface area (Å²) in [7, 11) is 0. The van der Waals surface area contributed by atoms with Crippen LogP contribution in [-0.4, -0.2) is 32.3 Å². The molecule has 0 fully saturated rings. The SMILES string of the molecule is CC1(C(=O)O)C=C(N)C=C(C(=O)O)C1.Cc1ccc(-c2cc[nH]n2)cc1. The number of carboxylic acid groups (broad SMARTS) is 2. The Bertz CT molecular complexity index is 851. The summed E-state index contributed by atoms with van der Waals surface area (Å²) >= 11 is 0. The highest BCUT2D eigenvalue weighted by Gasteiger charge is 2.36. The van der Waals surface area contributed by atoms with Gasteiger partial charge in [-0.25, -0.2) is 4.79 Å². The number of aryl methyl sites for hydroxylation is 1. The number of allylic oxidation sites excluding steroid dienone is 1. The second kappa shape index (κ2) is 7.69. The third-order valence-corrected chi connectivity index (χ3v) is 4.00. The standard InChI is InChI=1S/C10H10N2.C9H11NO4/c1-8-2-4-9(5-3-8)10-6-7-11-12-10;1-9(8(13)14)3-5(7(11)12)2-6(10)4-9/h2-7H,1H3,(H,11,12);2,4H,3,10H2,1H3,(H,11,12)(H,13,14). The van der Waals surface area contributed by atoms with Gasteiger partial charge in [-0.05, 0) is 38.5 Å². The Morgan fingerprint density at radius 3 is 2.35 bits per heavy atom. The fraction of sp³-hybridized carbons (Fsp3) is 0.211. The molecule has 7 heteroatoms. The summed E-state index contributed by atoms with van der Waals surface area (Å²) in [5, 5.41) is 24.5. The monoisotopic (exact) mass is 355 g/mol. The van der Waals surface area contributed by atoms with Gasteiger partial charge in [-0.15, -0.1) is 0 Å². The van der Waals surface area contributed by atoms with Crippen LogP contribution in [0.25, 0.3) is 11.3 Å². The molecule has 1 atom stereocenters. The number of carbonyl (C=O) groups is 2. The maximum absolute atomic E-state index is 10.9. The number of aliphatic carboxylic acids is 2. The quantitative estimate of drug-likeness (QED) is 0.670. The fourth-order valence-electron chi connectivity index (χ4n) is 2.53. The molecule has 7 nitrogen and oxygen atoms in total. The molecule has 0 spiro atoms. The highest BCUT2D eigenvalue weighted by Crippen LogP contribution is 2.32. The number of rotatable bonds is 3. The number of benzene rings is 1. The molecule has 0 bridgehead atoms. The molecule has 0 aliphatic heterocycles. The van der Waals surface area contributed by atoms with Crippen molar-refractivity contribution in [2.24, 2.45) is 11.1 Å². The number of aromatic nitrogens is 2. The van der Waals surface area contributed by atoms with Gasteiger partial charge in [0, 0.05) is 23.0 Å². The van der Waals surface area contributed by atoms with Crippen LogP contribution in [-0.2, 0) is 9.59 Å². The maximum Gasteiger partial charge on any atom is 0.331 e. The van der Waals surface area contributed by atoms with Gasteiger partial charge in [0.25, 0.3) is 0 Å². The van der Waals surface area contributed by atoms with Crippen molar-refractivity contribution in [2.75, 3.05) is 0 Å². The van der Waals surface area contributed by atoms with E-state index in [0.717, 1.165) is 11.3 Å². The lowest BCUT2D eigenvalue weighted by Gasteiger charge is -2.24. The fourth-order valence-corrected chi connectivity index (χ4v) is 2.53. The summed E-state index contributed by atoms with van der Waals surface area (Å²) in [5.41, 5.74) is 7.84. The lowest BCUT2D eigenvalue weighted by Crippen LogP contribution is -2.30. The molecule has 0 radical (unpaired) electrons. The van der Waals surface area contributed by atoms with Gasteiger partial charge in [-0.3, -0.25) is 9.89 Å². The van der Waals surface area contributed by atoms with E-state index in [0.29, 0.717) is 0 Å². The summed E-state index contributed by atoms with van der Waals surface area (Å²) in [6, 6.07) is 10.3. The van der Waals surface area contributed by atoms with Crippen LogP contribution in [0.3, 0.4) is 0 Å². The number of nitrogens with one attached hydrogen (secondary N) is 1. The summed E-state index contributed by atoms with van der Waals surface area (Å²) in [5.74, 6) is -2.21. The summed E-state index contributed by atoms with van der Waals surface area (Å²) in [6.45, 7) is 3.52. The molecule has 0 saturated heterocycles. The van der Waals surface area contributed by atoms with Crippen LogP contribution >= 0.6 is 0 Å². The number of hydrogen-bond acceptors (Lipinski definition) is 4. The van der Waals surface area contributed by atoms with Crippen LogP contribution in [0.15, 0.2) is 60.0 Å². The van der Waals surface area contributed by atoms with E-state index in [1.54, 1.807) is 0 Å². The van der Waals surface area contributed by atoms with Gasteiger partial charge in [0.15, 0.2) is 0 Å². The minimum atomic E-state index is -1.22. The molecule has 0 amide bonds. The number of nitrogens with two attached hydrogens (primary N) is 1. The molecule has 1 aliphatic rings. The predicted octanol–water partition coefficient (Wildman–Crippen LogP) is 2.72. The lowest BCUT2D eigenvalue weighted by molar-refractivity contribution is -0.145. The van der Waals surface area contributed by atoms with Crippen molar-refractivity contribution in [3.8, 4) is 11.3 Å². The number of H-pyrrole nitrogens is 1. The van der Waals surface area contributed by atoms with E-state index in [2.05, 4.69) is 41.4 Å². The van der Waals surface area contributed by atoms with E-state index in [1.807, 2.05) is 12.3 Å². The third kappa shape index (κ3) is 4.60. The van der Waals surface area contributed by atoms with Crippen LogP contribution < -0.4 is 5.73 Å². The van der Waals surface area contributed by atoms with Crippen molar-refractivity contribution in [2.45, 2.75) is 20.3 Å². The van der Waals surface area contributed by atoms with E-state index in [-0.39, 0.29) is 17.7 Å². The topological polar surface area (TPSA) is 129 Å². The Hall–Kier alpha value is -3.35. The predicted molar refractivity (Wildman–Crippen MR) is 97.1 cm³/mol. The molecule has 26 heavy (non-hydrogen) atoms. The van der Waals surface area contributed by atoms with Crippen molar-refractivity contribution < 1.29 is 19.8 Å². The first-order valence-corrected chi connectivity index (χ1v) is 7.94. The molecule has 1 unspecified atom stereocenters. The first-order chi connectivity index (χ1) is 12.2. The largest absolute Gasteiger partial charge is 0.481 e. The Balaban J connectivity index is 0.000000189. The first-order valence-electron chi connectivity index (χ1n) is 7.94. The Labute approximate surface area is 150 Å². The van der Waals surface area contributed by atoms with Crippen LogP contribution in [0.5, 0.6) is 0 Å². The number of carboxylic acids is 2. The zero-order valence-electron chi connectivity index (χ0n) is 14.6. The van der Waals surface area contributed by atoms with Crippen LogP contribution in [0.2, 0.25) is 0 Å². The highest BCUT2D eigenvalue weighted by atomic mass is 16.4. The van der Waals surface area contributed by atoms with Gasteiger partial charge in [-0.1, -0.05) is 29.8 Å². The molecular weight excluding hydrogens is 334 g/mol. The van der Waals surface area contributed by atoms with E-state index in [9.17, 15) is 9.59 Å². The van der Waals surface area contributed by atoms with Crippen molar-refractivity contribution in [1.29, 1.82) is 0 Å². The first kappa shape index (κ1) is 19.0. The molecule has 1 aromatic heterocycles. The van der Waals surface area contributed by atoms with E-state index >= 15 is 0 Å². The highest BCUT2D eigenvalue weighted by molar-refractivity contribution is 5.90. The lowest BCUT2D eigenvalue weighted by atomic mass is 9.79. The average molecular weight is 355 g/mol. The van der Waals surface area contributed by atoms with E-state index in [1.165, 1.54) is 24.6 Å². The maximum atomic E-state index is 10.9. The zero-order valence-corrected chi connectivity index (χ0v) is 14.6. The van der Waals surface area contributed by atoms with Gasteiger partial charge < -0.3 is 15.9 Å². The second-order valence-corrected chi connectivity index (χ2v) is 6.34. The molecule has 1 heterocycles. The minimum Gasteiger partial charge on any atom is -0.481 e. The van der Waals surface area contributed by atoms with Crippen LogP contribution in [0.1, 0.15) is 18.9 Å². The molecular formula is C19H21N3O4. The zero-order chi connectivity index (χ0) is 19.3.